The highest BCUT2D eigenvalue weighted by Gasteiger charge is 2.12. The molecule has 0 bridgehead atoms. The van der Waals surface area contributed by atoms with Gasteiger partial charge in [-0.3, -0.25) is 0 Å². The molecule has 0 saturated carbocycles. The molecule has 0 saturated heterocycles. The average Bonchev–Trinajstić information content (AvgIpc) is 2.41. The van der Waals surface area contributed by atoms with Gasteiger partial charge in [0.05, 0.1) is 6.10 Å². The second-order valence-corrected chi connectivity index (χ2v) is 5.77. The molecular formula is C17H20BrNO. The molecule has 106 valence electrons. The fourth-order valence-corrected chi connectivity index (χ4v) is 3.08. The molecule has 0 aliphatic rings. The van der Waals surface area contributed by atoms with Crippen molar-refractivity contribution < 1.29 is 5.11 Å². The Morgan fingerprint density at radius 3 is 2.45 bits per heavy atom. The Morgan fingerprint density at radius 1 is 1.20 bits per heavy atom. The zero-order valence-corrected chi connectivity index (χ0v) is 13.7. The van der Waals surface area contributed by atoms with E-state index in [9.17, 15) is 5.11 Å². The number of para-hydroxylation sites is 1. The minimum atomic E-state index is -0.466. The summed E-state index contributed by atoms with van der Waals surface area (Å²) in [7, 11) is 0. The van der Waals surface area contributed by atoms with Crippen LogP contribution in [0.5, 0.6) is 0 Å². The Morgan fingerprint density at radius 2 is 1.90 bits per heavy atom. The maximum absolute atomic E-state index is 9.71. The number of benzene rings is 2. The standard InChI is InChI=1S/C17H20BrNO/c1-4-19(17-8-6-5-7-12(17)2)14-9-10-15(13(3)20)16(18)11-14/h5-11,13,20H,4H2,1-3H3/t13-/m0/s1. The molecular weight excluding hydrogens is 314 g/mol. The molecule has 0 radical (unpaired) electrons. The summed E-state index contributed by atoms with van der Waals surface area (Å²) in [6.45, 7) is 6.93. The van der Waals surface area contributed by atoms with Crippen molar-refractivity contribution in [3.8, 4) is 0 Å². The van der Waals surface area contributed by atoms with Crippen molar-refractivity contribution in [2.75, 3.05) is 11.4 Å². The molecule has 0 aliphatic carbocycles. The molecule has 1 atom stereocenters. The van der Waals surface area contributed by atoms with Crippen molar-refractivity contribution in [2.45, 2.75) is 26.9 Å². The largest absolute Gasteiger partial charge is 0.389 e. The second kappa shape index (κ2) is 6.42. The van der Waals surface area contributed by atoms with Gasteiger partial charge < -0.3 is 10.0 Å². The van der Waals surface area contributed by atoms with E-state index in [1.807, 2.05) is 6.07 Å². The first-order chi connectivity index (χ1) is 9.54. The van der Waals surface area contributed by atoms with Gasteiger partial charge in [0.15, 0.2) is 0 Å². The van der Waals surface area contributed by atoms with Crippen molar-refractivity contribution in [3.05, 3.63) is 58.1 Å². The number of aryl methyl sites for hydroxylation is 1. The topological polar surface area (TPSA) is 23.5 Å². The monoisotopic (exact) mass is 333 g/mol. The zero-order chi connectivity index (χ0) is 14.7. The first-order valence-corrected chi connectivity index (χ1v) is 7.64. The lowest BCUT2D eigenvalue weighted by molar-refractivity contribution is 0.198. The predicted octanol–water partition coefficient (Wildman–Crippen LogP) is 4.97. The summed E-state index contributed by atoms with van der Waals surface area (Å²) in [4.78, 5) is 2.27. The van der Waals surface area contributed by atoms with Crippen LogP contribution >= 0.6 is 15.9 Å². The van der Waals surface area contributed by atoms with Crippen LogP contribution in [-0.2, 0) is 0 Å². The first kappa shape index (κ1) is 15.1. The summed E-state index contributed by atoms with van der Waals surface area (Å²) in [5.74, 6) is 0. The maximum atomic E-state index is 9.71. The third-order valence-electron chi connectivity index (χ3n) is 3.47. The number of nitrogens with zero attached hydrogens (tertiary/aromatic N) is 1. The van der Waals surface area contributed by atoms with Gasteiger partial charge in [-0.2, -0.15) is 0 Å². The van der Waals surface area contributed by atoms with Gasteiger partial charge in [-0.05, 0) is 50.1 Å². The van der Waals surface area contributed by atoms with Crippen LogP contribution in [0.15, 0.2) is 46.9 Å². The highest BCUT2D eigenvalue weighted by Crippen LogP contribution is 2.33. The highest BCUT2D eigenvalue weighted by molar-refractivity contribution is 9.10. The van der Waals surface area contributed by atoms with E-state index in [4.69, 9.17) is 0 Å². The van der Waals surface area contributed by atoms with Crippen LogP contribution in [0.25, 0.3) is 0 Å². The number of anilines is 2. The molecule has 2 aromatic rings. The zero-order valence-electron chi connectivity index (χ0n) is 12.1. The highest BCUT2D eigenvalue weighted by atomic mass is 79.9. The maximum Gasteiger partial charge on any atom is 0.0772 e. The Labute approximate surface area is 129 Å². The summed E-state index contributed by atoms with van der Waals surface area (Å²) < 4.78 is 0.942. The SMILES string of the molecule is CCN(c1ccc([C@H](C)O)c(Br)c1)c1ccccc1C. The van der Waals surface area contributed by atoms with Crippen LogP contribution in [0.2, 0.25) is 0 Å². The molecule has 0 aliphatic heterocycles. The predicted molar refractivity (Wildman–Crippen MR) is 88.6 cm³/mol. The third kappa shape index (κ3) is 3.05. The normalized spacial score (nSPS) is 12.2. The van der Waals surface area contributed by atoms with Gasteiger partial charge in [-0.15, -0.1) is 0 Å². The lowest BCUT2D eigenvalue weighted by atomic mass is 10.1. The first-order valence-electron chi connectivity index (χ1n) is 6.85. The second-order valence-electron chi connectivity index (χ2n) is 4.91. The summed E-state index contributed by atoms with van der Waals surface area (Å²) in [6, 6.07) is 14.5. The summed E-state index contributed by atoms with van der Waals surface area (Å²) >= 11 is 3.55. The Balaban J connectivity index is 2.43. The van der Waals surface area contributed by atoms with Crippen molar-refractivity contribution in [2.24, 2.45) is 0 Å². The summed E-state index contributed by atoms with van der Waals surface area (Å²) in [5.41, 5.74) is 4.50. The third-order valence-corrected chi connectivity index (χ3v) is 4.16. The van der Waals surface area contributed by atoms with E-state index in [0.29, 0.717) is 0 Å². The van der Waals surface area contributed by atoms with Gasteiger partial charge in [0.25, 0.3) is 0 Å². The van der Waals surface area contributed by atoms with E-state index in [0.717, 1.165) is 22.3 Å². The van der Waals surface area contributed by atoms with Crippen molar-refractivity contribution in [3.63, 3.8) is 0 Å². The van der Waals surface area contributed by atoms with Gasteiger partial charge in [0.2, 0.25) is 0 Å². The Bertz CT molecular complexity index is 595. The molecule has 2 rings (SSSR count). The molecule has 2 aromatic carbocycles. The van der Waals surface area contributed by atoms with E-state index >= 15 is 0 Å². The van der Waals surface area contributed by atoms with Crippen LogP contribution in [0.4, 0.5) is 11.4 Å². The van der Waals surface area contributed by atoms with Crippen LogP contribution in [0.3, 0.4) is 0 Å². The van der Waals surface area contributed by atoms with E-state index in [2.05, 4.69) is 71.1 Å². The fourth-order valence-electron chi connectivity index (χ4n) is 2.38. The molecule has 3 heteroatoms. The molecule has 0 fully saturated rings. The van der Waals surface area contributed by atoms with Gasteiger partial charge in [-0.1, -0.05) is 40.2 Å². The van der Waals surface area contributed by atoms with Crippen LogP contribution in [0.1, 0.15) is 31.1 Å². The minimum Gasteiger partial charge on any atom is -0.389 e. The number of hydrogen-bond acceptors (Lipinski definition) is 2. The Hall–Kier alpha value is -1.32. The molecule has 1 N–H and O–H groups in total. The van der Waals surface area contributed by atoms with Gasteiger partial charge in [-0.25, -0.2) is 0 Å². The summed E-state index contributed by atoms with van der Waals surface area (Å²) in [6.07, 6.45) is -0.466. The number of aliphatic hydroxyl groups is 1. The smallest absolute Gasteiger partial charge is 0.0772 e. The molecule has 2 nitrogen and oxygen atoms in total. The van der Waals surface area contributed by atoms with E-state index in [1.54, 1.807) is 6.92 Å². The molecule has 0 unspecified atom stereocenters. The Kier molecular flexibility index (Phi) is 4.84. The van der Waals surface area contributed by atoms with Crippen molar-refractivity contribution >= 4 is 27.3 Å². The van der Waals surface area contributed by atoms with Crippen LogP contribution in [0, 0.1) is 6.92 Å². The fraction of sp³-hybridized carbons (Fsp3) is 0.294. The van der Waals surface area contributed by atoms with Crippen molar-refractivity contribution in [1.82, 2.24) is 0 Å². The quantitative estimate of drug-likeness (QED) is 0.853. The molecule has 0 amide bonds. The van der Waals surface area contributed by atoms with Gasteiger partial charge in [0, 0.05) is 22.4 Å². The number of halogens is 1. The van der Waals surface area contributed by atoms with E-state index in [1.165, 1.54) is 11.3 Å². The van der Waals surface area contributed by atoms with Crippen molar-refractivity contribution in [1.29, 1.82) is 0 Å². The van der Waals surface area contributed by atoms with E-state index in [-0.39, 0.29) is 0 Å². The molecule has 0 spiro atoms. The van der Waals surface area contributed by atoms with Crippen LogP contribution in [-0.4, -0.2) is 11.7 Å². The van der Waals surface area contributed by atoms with Gasteiger partial charge >= 0.3 is 0 Å². The summed E-state index contributed by atoms with van der Waals surface area (Å²) in [5, 5.41) is 9.71. The minimum absolute atomic E-state index is 0.466. The van der Waals surface area contributed by atoms with Crippen LogP contribution < -0.4 is 4.90 Å². The number of hydrogen-bond donors (Lipinski definition) is 1. The lowest BCUT2D eigenvalue weighted by Gasteiger charge is -2.26. The number of rotatable bonds is 4. The molecule has 20 heavy (non-hydrogen) atoms. The molecule has 0 aromatic heterocycles. The number of aliphatic hydroxyl groups excluding tert-OH is 1. The lowest BCUT2D eigenvalue weighted by Crippen LogP contribution is -2.17. The van der Waals surface area contributed by atoms with Gasteiger partial charge in [0.1, 0.15) is 0 Å². The van der Waals surface area contributed by atoms with E-state index < -0.39 is 6.10 Å². The average molecular weight is 334 g/mol. The molecule has 0 heterocycles.